The molecule has 92 valence electrons. The summed E-state index contributed by atoms with van der Waals surface area (Å²) < 4.78 is 0. The second-order valence-corrected chi connectivity index (χ2v) is 4.99. The van der Waals surface area contributed by atoms with Crippen molar-refractivity contribution in [2.24, 2.45) is 0 Å². The standard InChI is InChI=1S/C16H18N2/c1-2-5-14(6-3-1)12-18-10-8-16(13-18)15-7-4-9-17-11-15/h1-7,9,11,16H,8,10,12-13H2/t16-/m1/s1. The molecule has 18 heavy (non-hydrogen) atoms. The van der Waals surface area contributed by atoms with Gasteiger partial charge in [-0.2, -0.15) is 0 Å². The van der Waals surface area contributed by atoms with Gasteiger partial charge in [0.05, 0.1) is 0 Å². The molecule has 0 saturated carbocycles. The second-order valence-electron chi connectivity index (χ2n) is 4.99. The summed E-state index contributed by atoms with van der Waals surface area (Å²) >= 11 is 0. The highest BCUT2D eigenvalue weighted by Gasteiger charge is 2.23. The maximum atomic E-state index is 4.22. The van der Waals surface area contributed by atoms with E-state index in [1.54, 1.807) is 0 Å². The summed E-state index contributed by atoms with van der Waals surface area (Å²) in [7, 11) is 0. The summed E-state index contributed by atoms with van der Waals surface area (Å²) in [6.07, 6.45) is 5.11. The highest BCUT2D eigenvalue weighted by Crippen LogP contribution is 2.27. The molecule has 2 heteroatoms. The predicted octanol–water partition coefficient (Wildman–Crippen LogP) is 3.07. The zero-order valence-electron chi connectivity index (χ0n) is 10.5. The monoisotopic (exact) mass is 238 g/mol. The van der Waals surface area contributed by atoms with Gasteiger partial charge in [0.1, 0.15) is 0 Å². The Balaban J connectivity index is 1.62. The zero-order chi connectivity index (χ0) is 12.2. The van der Waals surface area contributed by atoms with Gasteiger partial charge < -0.3 is 0 Å². The lowest BCUT2D eigenvalue weighted by Crippen LogP contribution is -2.19. The summed E-state index contributed by atoms with van der Waals surface area (Å²) in [5.41, 5.74) is 2.79. The first-order chi connectivity index (χ1) is 8.92. The molecule has 1 aliphatic rings. The quantitative estimate of drug-likeness (QED) is 0.817. The van der Waals surface area contributed by atoms with Gasteiger partial charge in [-0.1, -0.05) is 36.4 Å². The maximum absolute atomic E-state index is 4.22. The smallest absolute Gasteiger partial charge is 0.0303 e. The molecule has 0 unspecified atom stereocenters. The molecular formula is C16H18N2. The molecule has 0 spiro atoms. The minimum Gasteiger partial charge on any atom is -0.298 e. The predicted molar refractivity (Wildman–Crippen MR) is 73.3 cm³/mol. The first kappa shape index (κ1) is 11.4. The highest BCUT2D eigenvalue weighted by molar-refractivity contribution is 5.18. The molecular weight excluding hydrogens is 220 g/mol. The van der Waals surface area contributed by atoms with Gasteiger partial charge in [0.2, 0.25) is 0 Å². The van der Waals surface area contributed by atoms with Crippen molar-refractivity contribution in [1.29, 1.82) is 0 Å². The van der Waals surface area contributed by atoms with E-state index in [1.807, 2.05) is 18.5 Å². The van der Waals surface area contributed by atoms with Gasteiger partial charge in [0, 0.05) is 25.5 Å². The van der Waals surface area contributed by atoms with Crippen molar-refractivity contribution < 1.29 is 0 Å². The van der Waals surface area contributed by atoms with Crippen molar-refractivity contribution in [2.45, 2.75) is 18.9 Å². The average molecular weight is 238 g/mol. The Kier molecular flexibility index (Phi) is 3.37. The van der Waals surface area contributed by atoms with Crippen LogP contribution in [-0.2, 0) is 6.54 Å². The number of nitrogens with zero attached hydrogens (tertiary/aromatic N) is 2. The molecule has 1 aliphatic heterocycles. The van der Waals surface area contributed by atoms with Crippen molar-refractivity contribution >= 4 is 0 Å². The molecule has 0 N–H and O–H groups in total. The van der Waals surface area contributed by atoms with Crippen molar-refractivity contribution in [1.82, 2.24) is 9.88 Å². The molecule has 2 nitrogen and oxygen atoms in total. The maximum Gasteiger partial charge on any atom is 0.0303 e. The van der Waals surface area contributed by atoms with Crippen molar-refractivity contribution in [3.8, 4) is 0 Å². The molecule has 1 saturated heterocycles. The lowest BCUT2D eigenvalue weighted by molar-refractivity contribution is 0.327. The molecule has 3 rings (SSSR count). The van der Waals surface area contributed by atoms with Crippen LogP contribution in [0.25, 0.3) is 0 Å². The van der Waals surface area contributed by atoms with Crippen LogP contribution in [0.2, 0.25) is 0 Å². The number of likely N-dealkylation sites (tertiary alicyclic amines) is 1. The van der Waals surface area contributed by atoms with Crippen molar-refractivity contribution in [3.63, 3.8) is 0 Å². The van der Waals surface area contributed by atoms with E-state index in [2.05, 4.69) is 46.3 Å². The van der Waals surface area contributed by atoms with E-state index >= 15 is 0 Å². The van der Waals surface area contributed by atoms with Gasteiger partial charge in [-0.25, -0.2) is 0 Å². The molecule has 1 atom stereocenters. The number of hydrogen-bond acceptors (Lipinski definition) is 2. The number of aromatic nitrogens is 1. The Morgan fingerprint density at radius 3 is 2.78 bits per heavy atom. The van der Waals surface area contributed by atoms with Crippen LogP contribution < -0.4 is 0 Å². The number of benzene rings is 1. The van der Waals surface area contributed by atoms with E-state index in [0.717, 1.165) is 13.1 Å². The van der Waals surface area contributed by atoms with Gasteiger partial charge >= 0.3 is 0 Å². The minimum absolute atomic E-state index is 0.655. The van der Waals surface area contributed by atoms with E-state index in [-0.39, 0.29) is 0 Å². The van der Waals surface area contributed by atoms with E-state index < -0.39 is 0 Å². The van der Waals surface area contributed by atoms with Crippen molar-refractivity contribution in [2.75, 3.05) is 13.1 Å². The third-order valence-corrected chi connectivity index (χ3v) is 3.68. The van der Waals surface area contributed by atoms with E-state index in [1.165, 1.54) is 24.1 Å². The number of pyridine rings is 1. The molecule has 1 aromatic heterocycles. The van der Waals surface area contributed by atoms with Crippen molar-refractivity contribution in [3.05, 3.63) is 66.0 Å². The molecule has 2 heterocycles. The number of rotatable bonds is 3. The van der Waals surface area contributed by atoms with Crippen LogP contribution >= 0.6 is 0 Å². The Morgan fingerprint density at radius 2 is 2.00 bits per heavy atom. The van der Waals surface area contributed by atoms with Crippen LogP contribution in [0.5, 0.6) is 0 Å². The zero-order valence-corrected chi connectivity index (χ0v) is 10.5. The summed E-state index contributed by atoms with van der Waals surface area (Å²) in [5, 5.41) is 0. The fourth-order valence-corrected chi connectivity index (χ4v) is 2.71. The average Bonchev–Trinajstić information content (AvgIpc) is 2.89. The Hall–Kier alpha value is -1.67. The van der Waals surface area contributed by atoms with Crippen LogP contribution in [-0.4, -0.2) is 23.0 Å². The van der Waals surface area contributed by atoms with Gasteiger partial charge in [-0.15, -0.1) is 0 Å². The van der Waals surface area contributed by atoms with Gasteiger partial charge in [-0.3, -0.25) is 9.88 Å². The van der Waals surface area contributed by atoms with Crippen LogP contribution in [0.3, 0.4) is 0 Å². The number of hydrogen-bond donors (Lipinski definition) is 0. The first-order valence-electron chi connectivity index (χ1n) is 6.58. The highest BCUT2D eigenvalue weighted by atomic mass is 15.1. The summed E-state index contributed by atoms with van der Waals surface area (Å²) in [6, 6.07) is 15.0. The molecule has 2 aromatic rings. The van der Waals surface area contributed by atoms with E-state index in [0.29, 0.717) is 5.92 Å². The third kappa shape index (κ3) is 2.59. The van der Waals surface area contributed by atoms with Crippen LogP contribution in [0.1, 0.15) is 23.5 Å². The fraction of sp³-hybridized carbons (Fsp3) is 0.312. The first-order valence-corrected chi connectivity index (χ1v) is 6.58. The minimum atomic E-state index is 0.655. The topological polar surface area (TPSA) is 16.1 Å². The van der Waals surface area contributed by atoms with Gasteiger partial charge in [0.15, 0.2) is 0 Å². The summed E-state index contributed by atoms with van der Waals surface area (Å²) in [5.74, 6) is 0.655. The Labute approximate surface area is 108 Å². The molecule has 0 bridgehead atoms. The van der Waals surface area contributed by atoms with Crippen LogP contribution in [0.15, 0.2) is 54.9 Å². The molecule has 0 radical (unpaired) electrons. The molecule has 0 aliphatic carbocycles. The summed E-state index contributed by atoms with van der Waals surface area (Å²) in [6.45, 7) is 3.41. The SMILES string of the molecule is c1ccc(CN2CC[C@@H](c3cccnc3)C2)cc1. The molecule has 1 aromatic carbocycles. The molecule has 0 amide bonds. The van der Waals surface area contributed by atoms with Crippen LogP contribution in [0.4, 0.5) is 0 Å². The van der Waals surface area contributed by atoms with Gasteiger partial charge in [-0.05, 0) is 36.1 Å². The normalized spacial score (nSPS) is 20.1. The lowest BCUT2D eigenvalue weighted by atomic mass is 10.0. The van der Waals surface area contributed by atoms with Crippen LogP contribution in [0, 0.1) is 0 Å². The summed E-state index contributed by atoms with van der Waals surface area (Å²) in [4.78, 5) is 6.75. The largest absolute Gasteiger partial charge is 0.298 e. The lowest BCUT2D eigenvalue weighted by Gasteiger charge is -2.16. The third-order valence-electron chi connectivity index (χ3n) is 3.68. The van der Waals surface area contributed by atoms with E-state index in [4.69, 9.17) is 0 Å². The Bertz CT molecular complexity index is 481. The fourth-order valence-electron chi connectivity index (χ4n) is 2.71. The molecule has 1 fully saturated rings. The van der Waals surface area contributed by atoms with E-state index in [9.17, 15) is 0 Å². The van der Waals surface area contributed by atoms with Gasteiger partial charge in [0.25, 0.3) is 0 Å². The Morgan fingerprint density at radius 1 is 1.11 bits per heavy atom. The second kappa shape index (κ2) is 5.32.